The number of pyridine rings is 1. The number of hydrogen-bond acceptors (Lipinski definition) is 5. The summed E-state index contributed by atoms with van der Waals surface area (Å²) in [6.07, 6.45) is 3.59. The molecule has 0 radical (unpaired) electrons. The average Bonchev–Trinajstić information content (AvgIpc) is 2.49. The highest BCUT2D eigenvalue weighted by Gasteiger charge is 2.36. The molecule has 2 bridgehead atoms. The van der Waals surface area contributed by atoms with Crippen molar-refractivity contribution >= 4 is 15.8 Å². The Labute approximate surface area is 126 Å². The van der Waals surface area contributed by atoms with Crippen molar-refractivity contribution in [3.05, 3.63) is 18.3 Å². The molecular formula is C14H22N4O2S. The minimum absolute atomic E-state index is 0.0333. The second-order valence-electron chi connectivity index (χ2n) is 5.78. The van der Waals surface area contributed by atoms with Crippen LogP contribution in [-0.2, 0) is 10.0 Å². The first kappa shape index (κ1) is 14.7. The van der Waals surface area contributed by atoms with E-state index in [9.17, 15) is 8.42 Å². The van der Waals surface area contributed by atoms with Gasteiger partial charge in [0.05, 0.1) is 0 Å². The van der Waals surface area contributed by atoms with Gasteiger partial charge in [-0.05, 0) is 50.9 Å². The van der Waals surface area contributed by atoms with Crippen LogP contribution in [0.15, 0.2) is 23.2 Å². The van der Waals surface area contributed by atoms with Gasteiger partial charge < -0.3 is 10.2 Å². The van der Waals surface area contributed by atoms with Gasteiger partial charge in [0.25, 0.3) is 0 Å². The molecule has 0 aliphatic carbocycles. The van der Waals surface area contributed by atoms with E-state index < -0.39 is 10.0 Å². The van der Waals surface area contributed by atoms with Crippen molar-refractivity contribution in [2.45, 2.75) is 30.7 Å². The van der Waals surface area contributed by atoms with Crippen LogP contribution >= 0.6 is 0 Å². The highest BCUT2D eigenvalue weighted by molar-refractivity contribution is 7.89. The quantitative estimate of drug-likeness (QED) is 0.845. The van der Waals surface area contributed by atoms with Crippen LogP contribution in [0.1, 0.15) is 19.8 Å². The lowest BCUT2D eigenvalue weighted by atomic mass is 9.85. The molecule has 4 rings (SSSR count). The third-order valence-corrected chi connectivity index (χ3v) is 5.84. The SMILES string of the molecule is CCNc1ccc(S(=O)(=O)NC2CN3CCC2CC3)cn1. The molecule has 4 heterocycles. The minimum atomic E-state index is -3.48. The summed E-state index contributed by atoms with van der Waals surface area (Å²) in [5.74, 6) is 1.16. The Kier molecular flexibility index (Phi) is 4.14. The third-order valence-electron chi connectivity index (χ3n) is 4.37. The first-order valence-electron chi connectivity index (χ1n) is 7.53. The van der Waals surface area contributed by atoms with Crippen LogP contribution < -0.4 is 10.0 Å². The smallest absolute Gasteiger partial charge is 0.242 e. The normalized spacial score (nSPS) is 28.5. The van der Waals surface area contributed by atoms with Crippen molar-refractivity contribution < 1.29 is 8.42 Å². The summed E-state index contributed by atoms with van der Waals surface area (Å²) in [4.78, 5) is 6.70. The molecule has 0 aromatic carbocycles. The third kappa shape index (κ3) is 3.20. The molecule has 6 nitrogen and oxygen atoms in total. The number of piperidine rings is 3. The largest absolute Gasteiger partial charge is 0.370 e. The molecule has 1 aromatic rings. The summed E-state index contributed by atoms with van der Waals surface area (Å²) in [6, 6.07) is 3.34. The van der Waals surface area contributed by atoms with Crippen molar-refractivity contribution in [1.82, 2.24) is 14.6 Å². The summed E-state index contributed by atoms with van der Waals surface area (Å²) in [5, 5.41) is 3.06. The lowest BCUT2D eigenvalue weighted by Crippen LogP contribution is -2.57. The number of nitrogens with one attached hydrogen (secondary N) is 2. The molecule has 1 aromatic heterocycles. The van der Waals surface area contributed by atoms with E-state index in [0.717, 1.165) is 39.0 Å². The van der Waals surface area contributed by atoms with E-state index in [1.54, 1.807) is 12.1 Å². The van der Waals surface area contributed by atoms with Gasteiger partial charge in [-0.1, -0.05) is 0 Å². The zero-order chi connectivity index (χ0) is 14.9. The number of rotatable bonds is 5. The van der Waals surface area contributed by atoms with Gasteiger partial charge in [-0.3, -0.25) is 0 Å². The van der Waals surface area contributed by atoms with E-state index in [4.69, 9.17) is 0 Å². The molecule has 0 spiro atoms. The van der Waals surface area contributed by atoms with E-state index in [1.165, 1.54) is 6.20 Å². The van der Waals surface area contributed by atoms with Crippen LogP contribution in [0.5, 0.6) is 0 Å². The maximum absolute atomic E-state index is 12.5. The second kappa shape index (κ2) is 5.90. The average molecular weight is 310 g/mol. The minimum Gasteiger partial charge on any atom is -0.370 e. The fourth-order valence-corrected chi connectivity index (χ4v) is 4.43. The van der Waals surface area contributed by atoms with Crippen molar-refractivity contribution in [2.24, 2.45) is 5.92 Å². The molecule has 1 atom stereocenters. The molecule has 116 valence electrons. The fraction of sp³-hybridized carbons (Fsp3) is 0.643. The van der Waals surface area contributed by atoms with E-state index in [2.05, 4.69) is 19.9 Å². The van der Waals surface area contributed by atoms with Crippen molar-refractivity contribution in [3.63, 3.8) is 0 Å². The zero-order valence-electron chi connectivity index (χ0n) is 12.2. The Morgan fingerprint density at radius 3 is 2.62 bits per heavy atom. The number of fused-ring (bicyclic) bond motifs is 3. The Morgan fingerprint density at radius 1 is 1.33 bits per heavy atom. The molecule has 21 heavy (non-hydrogen) atoms. The van der Waals surface area contributed by atoms with E-state index >= 15 is 0 Å². The van der Waals surface area contributed by atoms with Crippen LogP contribution in [0.4, 0.5) is 5.82 Å². The first-order chi connectivity index (χ1) is 10.1. The molecule has 3 aliphatic rings. The predicted octanol–water partition coefficient (Wildman–Crippen LogP) is 0.886. The standard InChI is InChI=1S/C14H22N4O2S/c1-2-15-14-4-3-12(9-16-14)21(19,20)17-13-10-18-7-5-11(13)6-8-18/h3-4,9,11,13,17H,2,5-8,10H2,1H3,(H,15,16). The molecule has 3 aliphatic heterocycles. The number of hydrogen-bond donors (Lipinski definition) is 2. The lowest BCUT2D eigenvalue weighted by Gasteiger charge is -2.44. The van der Waals surface area contributed by atoms with Gasteiger partial charge in [0.1, 0.15) is 10.7 Å². The number of aromatic nitrogens is 1. The Morgan fingerprint density at radius 2 is 2.10 bits per heavy atom. The lowest BCUT2D eigenvalue weighted by molar-refractivity contribution is 0.0827. The first-order valence-corrected chi connectivity index (χ1v) is 9.01. The van der Waals surface area contributed by atoms with Gasteiger partial charge in [0.2, 0.25) is 10.0 Å². The molecule has 3 fully saturated rings. The molecule has 3 saturated heterocycles. The van der Waals surface area contributed by atoms with Crippen LogP contribution in [0.25, 0.3) is 0 Å². The van der Waals surface area contributed by atoms with E-state index in [1.807, 2.05) is 6.92 Å². The van der Waals surface area contributed by atoms with Gasteiger partial charge >= 0.3 is 0 Å². The van der Waals surface area contributed by atoms with Crippen LogP contribution in [-0.4, -0.2) is 50.5 Å². The molecule has 2 N–H and O–H groups in total. The Balaban J connectivity index is 1.71. The van der Waals surface area contributed by atoms with Crippen molar-refractivity contribution in [2.75, 3.05) is 31.5 Å². The molecule has 1 unspecified atom stereocenters. The molecule has 0 amide bonds. The van der Waals surface area contributed by atoms with Gasteiger partial charge in [-0.15, -0.1) is 0 Å². The number of sulfonamides is 1. The van der Waals surface area contributed by atoms with Gasteiger partial charge in [-0.2, -0.15) is 0 Å². The van der Waals surface area contributed by atoms with E-state index in [0.29, 0.717) is 11.7 Å². The maximum atomic E-state index is 12.5. The van der Waals surface area contributed by atoms with E-state index in [-0.39, 0.29) is 10.9 Å². The predicted molar refractivity (Wildman–Crippen MR) is 81.7 cm³/mol. The van der Waals surface area contributed by atoms with Gasteiger partial charge in [0.15, 0.2) is 0 Å². The van der Waals surface area contributed by atoms with Crippen LogP contribution in [0, 0.1) is 5.92 Å². The van der Waals surface area contributed by atoms with Crippen LogP contribution in [0.3, 0.4) is 0 Å². The molecular weight excluding hydrogens is 288 g/mol. The molecule has 0 saturated carbocycles. The Hall–Kier alpha value is -1.18. The van der Waals surface area contributed by atoms with Crippen LogP contribution in [0.2, 0.25) is 0 Å². The second-order valence-corrected chi connectivity index (χ2v) is 7.49. The summed E-state index contributed by atoms with van der Waals surface area (Å²) >= 11 is 0. The summed E-state index contributed by atoms with van der Waals surface area (Å²) in [6.45, 7) is 5.76. The maximum Gasteiger partial charge on any atom is 0.242 e. The monoisotopic (exact) mass is 310 g/mol. The highest BCUT2D eigenvalue weighted by atomic mass is 32.2. The summed E-state index contributed by atoms with van der Waals surface area (Å²) in [5.41, 5.74) is 0. The number of nitrogens with zero attached hydrogens (tertiary/aromatic N) is 2. The van der Waals surface area contributed by atoms with Gasteiger partial charge in [-0.25, -0.2) is 18.1 Å². The van der Waals surface area contributed by atoms with Crippen molar-refractivity contribution in [3.8, 4) is 0 Å². The molecule has 7 heteroatoms. The topological polar surface area (TPSA) is 74.3 Å². The highest BCUT2D eigenvalue weighted by Crippen LogP contribution is 2.28. The summed E-state index contributed by atoms with van der Waals surface area (Å²) in [7, 11) is -3.48. The number of anilines is 1. The van der Waals surface area contributed by atoms with Crippen molar-refractivity contribution in [1.29, 1.82) is 0 Å². The zero-order valence-corrected chi connectivity index (χ0v) is 13.1. The fourth-order valence-electron chi connectivity index (χ4n) is 3.19. The Bertz CT molecular complexity index is 579. The summed E-state index contributed by atoms with van der Waals surface area (Å²) < 4.78 is 27.8. The van der Waals surface area contributed by atoms with Gasteiger partial charge in [0, 0.05) is 25.3 Å².